The van der Waals surface area contributed by atoms with Crippen molar-refractivity contribution in [2.24, 2.45) is 5.73 Å². The Bertz CT molecular complexity index is 1190. The molecule has 0 radical (unpaired) electrons. The highest BCUT2D eigenvalue weighted by molar-refractivity contribution is 7.13. The van der Waals surface area contributed by atoms with Crippen molar-refractivity contribution in [3.05, 3.63) is 33.7 Å². The summed E-state index contributed by atoms with van der Waals surface area (Å²) in [4.78, 5) is 50.3. The molecule has 3 aromatic heterocycles. The summed E-state index contributed by atoms with van der Waals surface area (Å²) < 4.78 is 2.80. The Morgan fingerprint density at radius 1 is 1.29 bits per heavy atom. The third kappa shape index (κ3) is 3.76. The third-order valence-electron chi connectivity index (χ3n) is 5.71. The minimum absolute atomic E-state index is 0.0515. The maximum Gasteiger partial charge on any atom is 0.331 e. The number of primary amides is 1. The van der Waals surface area contributed by atoms with Gasteiger partial charge in [-0.2, -0.15) is 0 Å². The molecule has 1 atom stereocenters. The van der Waals surface area contributed by atoms with Crippen molar-refractivity contribution in [2.45, 2.75) is 58.7 Å². The van der Waals surface area contributed by atoms with Crippen molar-refractivity contribution >= 4 is 34.3 Å². The highest BCUT2D eigenvalue weighted by Gasteiger charge is 2.29. The van der Waals surface area contributed by atoms with Crippen LogP contribution in [0.15, 0.2) is 22.3 Å². The van der Waals surface area contributed by atoms with Crippen LogP contribution in [0, 0.1) is 0 Å². The van der Waals surface area contributed by atoms with Crippen LogP contribution in [-0.2, 0) is 11.3 Å². The normalized spacial score (nSPS) is 16.9. The van der Waals surface area contributed by atoms with E-state index in [0.29, 0.717) is 18.0 Å². The second kappa shape index (κ2) is 8.26. The van der Waals surface area contributed by atoms with E-state index in [4.69, 9.17) is 5.73 Å². The van der Waals surface area contributed by atoms with E-state index in [1.54, 1.807) is 4.90 Å². The van der Waals surface area contributed by atoms with Crippen LogP contribution in [0.2, 0.25) is 0 Å². The van der Waals surface area contributed by atoms with E-state index >= 15 is 0 Å². The summed E-state index contributed by atoms with van der Waals surface area (Å²) in [7, 11) is 0. The molecule has 0 aliphatic carbocycles. The van der Waals surface area contributed by atoms with Gasteiger partial charge in [-0.15, -0.1) is 11.3 Å². The predicted molar refractivity (Wildman–Crippen MR) is 119 cm³/mol. The minimum Gasteiger partial charge on any atom is -0.364 e. The first kappa shape index (κ1) is 21.2. The number of nitrogens with two attached hydrogens (primary N) is 1. The van der Waals surface area contributed by atoms with Crippen LogP contribution in [0.3, 0.4) is 0 Å². The van der Waals surface area contributed by atoms with Gasteiger partial charge in [0.2, 0.25) is 5.91 Å². The van der Waals surface area contributed by atoms with Crippen molar-refractivity contribution in [1.29, 1.82) is 0 Å². The second-order valence-corrected chi connectivity index (χ2v) is 9.12. The van der Waals surface area contributed by atoms with Crippen LogP contribution in [0.1, 0.15) is 56.6 Å². The van der Waals surface area contributed by atoms with Gasteiger partial charge in [0.1, 0.15) is 12.1 Å². The first-order valence-electron chi connectivity index (χ1n) is 10.5. The summed E-state index contributed by atoms with van der Waals surface area (Å²) in [5.74, 6) is -0.590. The van der Waals surface area contributed by atoms with Gasteiger partial charge in [0, 0.05) is 18.6 Å². The van der Waals surface area contributed by atoms with E-state index in [1.807, 2.05) is 38.3 Å². The molecular weight excluding hydrogens is 416 g/mol. The number of likely N-dealkylation sites (tertiary alicyclic amines) is 1. The van der Waals surface area contributed by atoms with Gasteiger partial charge < -0.3 is 10.6 Å². The lowest BCUT2D eigenvalue weighted by Gasteiger charge is -2.33. The predicted octanol–water partition coefficient (Wildman–Crippen LogP) is 2.40. The number of carbonyl (C=O) groups excluding carboxylic acids is 2. The number of carbonyl (C=O) groups is 2. The lowest BCUT2D eigenvalue weighted by Crippen LogP contribution is -2.44. The number of hydrogen-bond acceptors (Lipinski definition) is 6. The zero-order chi connectivity index (χ0) is 22.3. The molecule has 1 fully saturated rings. The minimum atomic E-state index is -0.765. The Labute approximate surface area is 183 Å². The molecule has 2 N–H and O–H groups in total. The quantitative estimate of drug-likeness (QED) is 0.651. The maximum absolute atomic E-state index is 13.3. The number of imidazole rings is 1. The standard InChI is InChI=1S/C21H26N6O3S/c1-12(2)27-20-17(16(18(22)29)23-19(24-20)14-8-6-10-31-14)26(21(27)30)11-15(28)25-9-5-4-7-13(25)3/h6,8,10,12-13H,4-5,7,9,11H2,1-3H3,(H2,22,29). The number of nitrogens with zero attached hydrogens (tertiary/aromatic N) is 5. The van der Waals surface area contributed by atoms with E-state index in [1.165, 1.54) is 20.5 Å². The Hall–Kier alpha value is -3.01. The Morgan fingerprint density at radius 2 is 2.06 bits per heavy atom. The van der Waals surface area contributed by atoms with Crippen molar-refractivity contribution in [3.63, 3.8) is 0 Å². The van der Waals surface area contributed by atoms with E-state index in [9.17, 15) is 14.4 Å². The molecule has 0 aromatic carbocycles. The fourth-order valence-electron chi connectivity index (χ4n) is 4.17. The Balaban J connectivity index is 1.91. The average molecular weight is 443 g/mol. The van der Waals surface area contributed by atoms with Crippen molar-refractivity contribution in [2.75, 3.05) is 6.54 Å². The molecule has 9 nitrogen and oxygen atoms in total. The molecule has 4 rings (SSSR count). The number of fused-ring (bicyclic) bond motifs is 1. The smallest absolute Gasteiger partial charge is 0.331 e. The van der Waals surface area contributed by atoms with Crippen LogP contribution in [0.5, 0.6) is 0 Å². The average Bonchev–Trinajstić information content (AvgIpc) is 3.34. The number of hydrogen-bond donors (Lipinski definition) is 1. The molecule has 0 saturated carbocycles. The SMILES string of the molecule is CC1CCCCN1C(=O)Cn1c(=O)n(C(C)C)c2nc(-c3cccs3)nc(C(N)=O)c21. The molecule has 1 aliphatic rings. The highest BCUT2D eigenvalue weighted by Crippen LogP contribution is 2.26. The van der Waals surface area contributed by atoms with Crippen molar-refractivity contribution in [1.82, 2.24) is 24.0 Å². The maximum atomic E-state index is 13.3. The first-order chi connectivity index (χ1) is 14.8. The molecule has 1 aliphatic heterocycles. The summed E-state index contributed by atoms with van der Waals surface area (Å²) >= 11 is 1.43. The number of piperidine rings is 1. The van der Waals surface area contributed by atoms with E-state index in [0.717, 1.165) is 24.1 Å². The fourth-order valence-corrected chi connectivity index (χ4v) is 4.83. The summed E-state index contributed by atoms with van der Waals surface area (Å²) in [5.41, 5.74) is 5.73. The summed E-state index contributed by atoms with van der Waals surface area (Å²) in [6.07, 6.45) is 2.97. The number of aromatic nitrogens is 4. The van der Waals surface area contributed by atoms with Gasteiger partial charge in [0.05, 0.1) is 4.88 Å². The van der Waals surface area contributed by atoms with Crippen molar-refractivity contribution < 1.29 is 9.59 Å². The van der Waals surface area contributed by atoms with E-state index in [2.05, 4.69) is 9.97 Å². The first-order valence-corrected chi connectivity index (χ1v) is 11.3. The lowest BCUT2D eigenvalue weighted by molar-refractivity contribution is -0.135. The molecule has 10 heteroatoms. The molecule has 4 heterocycles. The van der Waals surface area contributed by atoms with Gasteiger partial charge in [-0.05, 0) is 51.5 Å². The molecule has 1 unspecified atom stereocenters. The zero-order valence-corrected chi connectivity index (χ0v) is 18.7. The van der Waals surface area contributed by atoms with Crippen LogP contribution >= 0.6 is 11.3 Å². The number of amides is 2. The van der Waals surface area contributed by atoms with Crippen LogP contribution in [0.4, 0.5) is 0 Å². The van der Waals surface area contributed by atoms with Crippen LogP contribution in [0.25, 0.3) is 21.9 Å². The molecule has 2 amide bonds. The molecule has 164 valence electrons. The van der Waals surface area contributed by atoms with E-state index < -0.39 is 11.6 Å². The fraction of sp³-hybridized carbons (Fsp3) is 0.476. The second-order valence-electron chi connectivity index (χ2n) is 8.17. The summed E-state index contributed by atoms with van der Waals surface area (Å²) in [5, 5.41) is 1.88. The largest absolute Gasteiger partial charge is 0.364 e. The van der Waals surface area contributed by atoms with Crippen LogP contribution < -0.4 is 11.4 Å². The van der Waals surface area contributed by atoms with E-state index in [-0.39, 0.29) is 35.7 Å². The monoisotopic (exact) mass is 442 g/mol. The molecule has 0 spiro atoms. The van der Waals surface area contributed by atoms with Gasteiger partial charge in [-0.25, -0.2) is 14.8 Å². The Morgan fingerprint density at radius 3 is 2.68 bits per heavy atom. The van der Waals surface area contributed by atoms with Gasteiger partial charge in [-0.1, -0.05) is 6.07 Å². The van der Waals surface area contributed by atoms with Gasteiger partial charge >= 0.3 is 5.69 Å². The molecular formula is C21H26N6O3S. The third-order valence-corrected chi connectivity index (χ3v) is 6.57. The molecule has 1 saturated heterocycles. The Kier molecular flexibility index (Phi) is 5.65. The zero-order valence-electron chi connectivity index (χ0n) is 17.9. The topological polar surface area (TPSA) is 116 Å². The van der Waals surface area contributed by atoms with Gasteiger partial charge in [0.15, 0.2) is 17.2 Å². The molecule has 3 aromatic rings. The number of thiophene rings is 1. The van der Waals surface area contributed by atoms with Crippen molar-refractivity contribution in [3.8, 4) is 10.7 Å². The van der Waals surface area contributed by atoms with Crippen LogP contribution in [-0.4, -0.2) is 48.4 Å². The van der Waals surface area contributed by atoms with Gasteiger partial charge in [0.25, 0.3) is 5.91 Å². The highest BCUT2D eigenvalue weighted by atomic mass is 32.1. The molecule has 31 heavy (non-hydrogen) atoms. The lowest BCUT2D eigenvalue weighted by atomic mass is 10.0. The molecule has 0 bridgehead atoms. The number of rotatable bonds is 5. The summed E-state index contributed by atoms with van der Waals surface area (Å²) in [6.45, 7) is 6.22. The summed E-state index contributed by atoms with van der Waals surface area (Å²) in [6, 6.07) is 3.59. The van der Waals surface area contributed by atoms with Gasteiger partial charge in [-0.3, -0.25) is 18.7 Å².